The number of esters is 1. The molecule has 1 saturated carbocycles. The van der Waals surface area contributed by atoms with Gasteiger partial charge in [-0.1, -0.05) is 0 Å². The molecule has 8 nitrogen and oxygen atoms in total. The van der Waals surface area contributed by atoms with E-state index in [0.717, 1.165) is 12.8 Å². The topological polar surface area (TPSA) is 108 Å². The van der Waals surface area contributed by atoms with E-state index in [-0.39, 0.29) is 17.2 Å². The van der Waals surface area contributed by atoms with Crippen LogP contribution in [-0.4, -0.2) is 34.7 Å². The van der Waals surface area contributed by atoms with Gasteiger partial charge in [0.1, 0.15) is 11.7 Å². The molecule has 142 valence electrons. The van der Waals surface area contributed by atoms with Gasteiger partial charge in [0.05, 0.1) is 16.5 Å². The molecule has 2 rings (SSSR count). The molecule has 0 spiro atoms. The third-order valence-electron chi connectivity index (χ3n) is 3.88. The molecule has 0 saturated heterocycles. The zero-order valence-electron chi connectivity index (χ0n) is 15.4. The second-order valence-electron chi connectivity index (χ2n) is 7.45. The van der Waals surface area contributed by atoms with Crippen molar-refractivity contribution in [2.75, 3.05) is 0 Å². The van der Waals surface area contributed by atoms with Gasteiger partial charge in [-0.25, -0.2) is 9.59 Å². The molecule has 0 unspecified atom stereocenters. The van der Waals surface area contributed by atoms with Crippen molar-refractivity contribution < 1.29 is 24.0 Å². The highest BCUT2D eigenvalue weighted by Crippen LogP contribution is 2.36. The molecule has 1 aliphatic rings. The summed E-state index contributed by atoms with van der Waals surface area (Å²) in [6.07, 6.45) is 0.782. The number of nitrogens with zero attached hydrogens (tertiary/aromatic N) is 1. The molecule has 1 aliphatic carbocycles. The van der Waals surface area contributed by atoms with E-state index in [1.165, 1.54) is 24.3 Å². The van der Waals surface area contributed by atoms with E-state index in [0.29, 0.717) is 0 Å². The number of hydrogen-bond acceptors (Lipinski definition) is 6. The molecule has 0 aromatic heterocycles. The molecule has 8 heteroatoms. The van der Waals surface area contributed by atoms with Gasteiger partial charge < -0.3 is 14.8 Å². The summed E-state index contributed by atoms with van der Waals surface area (Å²) in [5.41, 5.74) is -0.486. The van der Waals surface area contributed by atoms with Crippen molar-refractivity contribution in [2.24, 2.45) is 5.92 Å². The molecule has 1 aromatic rings. The van der Waals surface area contributed by atoms with E-state index in [2.05, 4.69) is 5.32 Å². The minimum absolute atomic E-state index is 0.0970. The predicted molar refractivity (Wildman–Crippen MR) is 93.9 cm³/mol. The van der Waals surface area contributed by atoms with Crippen LogP contribution in [0.2, 0.25) is 0 Å². The maximum atomic E-state index is 12.4. The largest absolute Gasteiger partial charge is 0.456 e. The van der Waals surface area contributed by atoms with E-state index < -0.39 is 34.7 Å². The summed E-state index contributed by atoms with van der Waals surface area (Å²) in [5, 5.41) is 13.4. The summed E-state index contributed by atoms with van der Waals surface area (Å²) in [7, 11) is 0. The first kappa shape index (κ1) is 19.7. The van der Waals surface area contributed by atoms with Crippen LogP contribution in [0.25, 0.3) is 0 Å². The monoisotopic (exact) mass is 364 g/mol. The van der Waals surface area contributed by atoms with E-state index in [4.69, 9.17) is 9.47 Å². The lowest BCUT2D eigenvalue weighted by Gasteiger charge is -2.27. The van der Waals surface area contributed by atoms with Gasteiger partial charge in [0.2, 0.25) is 0 Å². The van der Waals surface area contributed by atoms with Crippen molar-refractivity contribution in [3.63, 3.8) is 0 Å². The molecule has 0 aliphatic heterocycles. The van der Waals surface area contributed by atoms with Crippen LogP contribution in [0.15, 0.2) is 24.3 Å². The number of nitro benzene ring substituents is 1. The third-order valence-corrected chi connectivity index (χ3v) is 3.88. The molecule has 1 amide bonds. The Hall–Kier alpha value is -2.64. The van der Waals surface area contributed by atoms with Gasteiger partial charge in [-0.05, 0) is 58.6 Å². The fourth-order valence-corrected chi connectivity index (χ4v) is 2.52. The van der Waals surface area contributed by atoms with Crippen LogP contribution in [0.3, 0.4) is 0 Å². The standard InChI is InChI=1S/C18H24N2O6/c1-11(19-17(22)26-18(2,3)4)15(12-5-6-12)25-16(21)13-7-9-14(10-8-13)20(23)24/h7-12,15H,5-6H2,1-4H3,(H,19,22)/t11-,15+/m0/s1. The second kappa shape index (κ2) is 7.72. The Bertz CT molecular complexity index is 676. The highest BCUT2D eigenvalue weighted by Gasteiger charge is 2.39. The molecule has 0 heterocycles. The smallest absolute Gasteiger partial charge is 0.407 e. The Labute approximate surface area is 152 Å². The molecule has 1 aromatic carbocycles. The zero-order chi connectivity index (χ0) is 19.5. The van der Waals surface area contributed by atoms with Crippen LogP contribution >= 0.6 is 0 Å². The van der Waals surface area contributed by atoms with Gasteiger partial charge in [0.15, 0.2) is 0 Å². The van der Waals surface area contributed by atoms with Crippen molar-refractivity contribution in [1.29, 1.82) is 0 Å². The minimum Gasteiger partial charge on any atom is -0.456 e. The number of non-ortho nitro benzene ring substituents is 1. The third kappa shape index (κ3) is 5.72. The predicted octanol–water partition coefficient (Wildman–Crippen LogP) is 3.44. The van der Waals surface area contributed by atoms with E-state index in [9.17, 15) is 19.7 Å². The van der Waals surface area contributed by atoms with Crippen LogP contribution in [-0.2, 0) is 9.47 Å². The maximum Gasteiger partial charge on any atom is 0.407 e. The molecule has 2 atom stereocenters. The molecule has 1 fully saturated rings. The number of hydrogen-bond donors (Lipinski definition) is 1. The summed E-state index contributed by atoms with van der Waals surface area (Å²) in [6.45, 7) is 7.06. The lowest BCUT2D eigenvalue weighted by Crippen LogP contribution is -2.46. The van der Waals surface area contributed by atoms with Gasteiger partial charge in [0.25, 0.3) is 5.69 Å². The lowest BCUT2D eigenvalue weighted by atomic mass is 10.1. The Morgan fingerprint density at radius 3 is 2.27 bits per heavy atom. The number of alkyl carbamates (subject to hydrolysis) is 1. The number of benzene rings is 1. The first-order valence-electron chi connectivity index (χ1n) is 8.52. The second-order valence-corrected chi connectivity index (χ2v) is 7.45. The summed E-state index contributed by atoms with van der Waals surface area (Å²) < 4.78 is 10.8. The summed E-state index contributed by atoms with van der Waals surface area (Å²) >= 11 is 0. The molecule has 1 N–H and O–H groups in total. The number of nitro groups is 1. The Morgan fingerprint density at radius 2 is 1.81 bits per heavy atom. The van der Waals surface area contributed by atoms with E-state index in [1.807, 2.05) is 0 Å². The molecule has 26 heavy (non-hydrogen) atoms. The zero-order valence-corrected chi connectivity index (χ0v) is 15.4. The van der Waals surface area contributed by atoms with Crippen LogP contribution in [0, 0.1) is 16.0 Å². The number of rotatable bonds is 6. The first-order valence-corrected chi connectivity index (χ1v) is 8.52. The maximum absolute atomic E-state index is 12.4. The lowest BCUT2D eigenvalue weighted by molar-refractivity contribution is -0.384. The highest BCUT2D eigenvalue weighted by atomic mass is 16.6. The fraction of sp³-hybridized carbons (Fsp3) is 0.556. The van der Waals surface area contributed by atoms with Crippen LogP contribution in [0.4, 0.5) is 10.5 Å². The highest BCUT2D eigenvalue weighted by molar-refractivity contribution is 5.89. The Morgan fingerprint density at radius 1 is 1.23 bits per heavy atom. The number of ether oxygens (including phenoxy) is 2. The van der Waals surface area contributed by atoms with Crippen molar-refractivity contribution in [3.05, 3.63) is 39.9 Å². The molecule has 0 bridgehead atoms. The number of carbonyl (C=O) groups is 2. The Kier molecular flexibility index (Phi) is 5.84. The van der Waals surface area contributed by atoms with Crippen molar-refractivity contribution in [1.82, 2.24) is 5.32 Å². The van der Waals surface area contributed by atoms with Gasteiger partial charge in [-0.15, -0.1) is 0 Å². The molecular weight excluding hydrogens is 340 g/mol. The number of nitrogens with one attached hydrogen (secondary N) is 1. The normalized spacial score (nSPS) is 16.3. The van der Waals surface area contributed by atoms with Crippen molar-refractivity contribution in [3.8, 4) is 0 Å². The first-order chi connectivity index (χ1) is 12.1. The minimum atomic E-state index is -0.617. The van der Waals surface area contributed by atoms with Gasteiger partial charge in [-0.2, -0.15) is 0 Å². The van der Waals surface area contributed by atoms with Crippen LogP contribution in [0.5, 0.6) is 0 Å². The van der Waals surface area contributed by atoms with Gasteiger partial charge in [0, 0.05) is 12.1 Å². The molecule has 0 radical (unpaired) electrons. The quantitative estimate of drug-likeness (QED) is 0.470. The number of carbonyl (C=O) groups excluding carboxylic acids is 2. The van der Waals surface area contributed by atoms with E-state index in [1.54, 1.807) is 27.7 Å². The van der Waals surface area contributed by atoms with E-state index >= 15 is 0 Å². The summed E-state index contributed by atoms with van der Waals surface area (Å²) in [6, 6.07) is 4.81. The van der Waals surface area contributed by atoms with Crippen LogP contribution in [0.1, 0.15) is 50.9 Å². The molecular formula is C18H24N2O6. The van der Waals surface area contributed by atoms with Gasteiger partial charge >= 0.3 is 12.1 Å². The SMILES string of the molecule is C[C@H](NC(=O)OC(C)(C)C)[C@@H](OC(=O)c1ccc([N+](=O)[O-])cc1)C1CC1. The average Bonchev–Trinajstić information content (AvgIpc) is 3.35. The van der Waals surface area contributed by atoms with Crippen molar-refractivity contribution in [2.45, 2.75) is 58.3 Å². The van der Waals surface area contributed by atoms with Gasteiger partial charge in [-0.3, -0.25) is 10.1 Å². The van der Waals surface area contributed by atoms with Crippen LogP contribution < -0.4 is 5.32 Å². The summed E-state index contributed by atoms with van der Waals surface area (Å²) in [4.78, 5) is 34.4. The fourth-order valence-electron chi connectivity index (χ4n) is 2.52. The summed E-state index contributed by atoms with van der Waals surface area (Å²) in [5.74, 6) is -0.392. The van der Waals surface area contributed by atoms with Crippen molar-refractivity contribution >= 4 is 17.7 Å². The average molecular weight is 364 g/mol. The number of amides is 1. The Balaban J connectivity index is 2.00.